The molecule has 0 bridgehead atoms. The first-order valence-corrected chi connectivity index (χ1v) is 7.94. The van der Waals surface area contributed by atoms with Crippen molar-refractivity contribution in [3.8, 4) is 11.3 Å². The van der Waals surface area contributed by atoms with Gasteiger partial charge in [-0.2, -0.15) is 5.10 Å². The van der Waals surface area contributed by atoms with E-state index in [2.05, 4.69) is 15.4 Å². The van der Waals surface area contributed by atoms with Crippen LogP contribution < -0.4 is 10.9 Å². The van der Waals surface area contributed by atoms with Crippen molar-refractivity contribution in [3.63, 3.8) is 0 Å². The number of aromatic nitrogens is 3. The second-order valence-corrected chi connectivity index (χ2v) is 5.70. The van der Waals surface area contributed by atoms with Crippen molar-refractivity contribution in [2.45, 2.75) is 19.9 Å². The second-order valence-electron chi connectivity index (χ2n) is 5.70. The van der Waals surface area contributed by atoms with Crippen molar-refractivity contribution in [1.82, 2.24) is 14.8 Å². The zero-order valence-corrected chi connectivity index (χ0v) is 14.0. The molecule has 25 heavy (non-hydrogen) atoms. The van der Waals surface area contributed by atoms with E-state index in [4.69, 9.17) is 0 Å². The molecule has 2 aromatic heterocycles. The molecule has 126 valence electrons. The fourth-order valence-corrected chi connectivity index (χ4v) is 2.41. The highest BCUT2D eigenvalue weighted by atomic mass is 16.2. The van der Waals surface area contributed by atoms with Gasteiger partial charge in [-0.1, -0.05) is 36.4 Å². The molecule has 0 saturated carbocycles. The summed E-state index contributed by atoms with van der Waals surface area (Å²) in [5.74, 6) is 0.133. The Kier molecular flexibility index (Phi) is 4.70. The molecule has 1 amide bonds. The van der Waals surface area contributed by atoms with Gasteiger partial charge in [-0.3, -0.25) is 9.59 Å². The lowest BCUT2D eigenvalue weighted by molar-refractivity contribution is -0.119. The Hall–Kier alpha value is -3.28. The number of nitrogens with one attached hydrogen (secondary N) is 1. The van der Waals surface area contributed by atoms with Gasteiger partial charge >= 0.3 is 0 Å². The Bertz CT molecular complexity index is 951. The molecular formula is C19H18N4O2. The maximum Gasteiger partial charge on any atom is 0.267 e. The molecule has 6 heteroatoms. The molecule has 0 aliphatic heterocycles. The Labute approximate surface area is 145 Å². The number of anilines is 1. The van der Waals surface area contributed by atoms with Crippen LogP contribution >= 0.6 is 0 Å². The highest BCUT2D eigenvalue weighted by Crippen LogP contribution is 2.16. The number of benzene rings is 1. The molecule has 3 aromatic rings. The lowest BCUT2D eigenvalue weighted by Gasteiger charge is -2.15. The zero-order valence-electron chi connectivity index (χ0n) is 14.0. The predicted molar refractivity (Wildman–Crippen MR) is 96.2 cm³/mol. The van der Waals surface area contributed by atoms with E-state index in [1.807, 2.05) is 43.3 Å². The molecule has 1 N–H and O–H groups in total. The number of hydrogen-bond donors (Lipinski definition) is 1. The fourth-order valence-electron chi connectivity index (χ4n) is 2.41. The Balaban J connectivity index is 1.89. The third-order valence-corrected chi connectivity index (χ3v) is 3.89. The minimum atomic E-state index is -0.766. The van der Waals surface area contributed by atoms with Crippen LogP contribution in [0.3, 0.4) is 0 Å². The molecule has 1 unspecified atom stereocenters. The second kappa shape index (κ2) is 7.09. The van der Waals surface area contributed by atoms with Crippen molar-refractivity contribution in [2.24, 2.45) is 0 Å². The number of pyridine rings is 1. The van der Waals surface area contributed by atoms with Crippen LogP contribution in [0, 0.1) is 6.92 Å². The number of rotatable bonds is 4. The van der Waals surface area contributed by atoms with Crippen LogP contribution in [0.25, 0.3) is 11.3 Å². The normalized spacial score (nSPS) is 11.8. The van der Waals surface area contributed by atoms with Gasteiger partial charge in [0.15, 0.2) is 0 Å². The largest absolute Gasteiger partial charge is 0.309 e. The molecule has 0 saturated heterocycles. The number of carbonyl (C=O) groups is 1. The summed E-state index contributed by atoms with van der Waals surface area (Å²) in [7, 11) is 0. The Morgan fingerprint density at radius 1 is 1.08 bits per heavy atom. The zero-order chi connectivity index (χ0) is 17.8. The SMILES string of the molecule is Cc1cccnc1NC(=O)C(C)n1nc(-c2ccccc2)ccc1=O. The summed E-state index contributed by atoms with van der Waals surface area (Å²) in [5, 5.41) is 7.10. The monoisotopic (exact) mass is 334 g/mol. The molecule has 0 radical (unpaired) electrons. The van der Waals surface area contributed by atoms with Crippen LogP contribution in [0.1, 0.15) is 18.5 Å². The van der Waals surface area contributed by atoms with Gasteiger partial charge in [-0.25, -0.2) is 9.67 Å². The summed E-state index contributed by atoms with van der Waals surface area (Å²) >= 11 is 0. The summed E-state index contributed by atoms with van der Waals surface area (Å²) in [6.07, 6.45) is 1.60. The number of aryl methyl sites for hydroxylation is 1. The van der Waals surface area contributed by atoms with Crippen molar-refractivity contribution in [3.05, 3.63) is 76.7 Å². The standard InChI is InChI=1S/C19H18N4O2/c1-13-7-6-12-20-18(13)21-19(25)14(2)23-17(24)11-10-16(22-23)15-8-4-3-5-9-15/h3-12,14H,1-2H3,(H,20,21,25). The van der Waals surface area contributed by atoms with Gasteiger partial charge in [-0.05, 0) is 31.5 Å². The highest BCUT2D eigenvalue weighted by Gasteiger charge is 2.19. The smallest absolute Gasteiger partial charge is 0.267 e. The van der Waals surface area contributed by atoms with E-state index in [-0.39, 0.29) is 11.5 Å². The minimum absolute atomic E-state index is 0.333. The quantitative estimate of drug-likeness (QED) is 0.796. The van der Waals surface area contributed by atoms with Gasteiger partial charge in [-0.15, -0.1) is 0 Å². The third kappa shape index (κ3) is 3.63. The summed E-state index contributed by atoms with van der Waals surface area (Å²) < 4.78 is 1.19. The van der Waals surface area contributed by atoms with Crippen molar-refractivity contribution >= 4 is 11.7 Å². The molecule has 1 aromatic carbocycles. The van der Waals surface area contributed by atoms with E-state index in [9.17, 15) is 9.59 Å². The van der Waals surface area contributed by atoms with Crippen LogP contribution in [-0.2, 0) is 4.79 Å². The molecule has 0 aliphatic rings. The van der Waals surface area contributed by atoms with Crippen LogP contribution in [0.5, 0.6) is 0 Å². The average Bonchev–Trinajstić information content (AvgIpc) is 2.64. The maximum absolute atomic E-state index is 12.5. The minimum Gasteiger partial charge on any atom is -0.309 e. The maximum atomic E-state index is 12.5. The summed E-state index contributed by atoms with van der Waals surface area (Å²) in [5.41, 5.74) is 2.03. The van der Waals surface area contributed by atoms with Crippen LogP contribution in [-0.4, -0.2) is 20.7 Å². The van der Waals surface area contributed by atoms with Crippen LogP contribution in [0.15, 0.2) is 65.6 Å². The average molecular weight is 334 g/mol. The van der Waals surface area contributed by atoms with Crippen molar-refractivity contribution in [1.29, 1.82) is 0 Å². The van der Waals surface area contributed by atoms with E-state index < -0.39 is 6.04 Å². The lowest BCUT2D eigenvalue weighted by Crippen LogP contribution is -2.33. The number of amides is 1. The molecular weight excluding hydrogens is 316 g/mol. The van der Waals surface area contributed by atoms with Gasteiger partial charge < -0.3 is 5.32 Å². The lowest BCUT2D eigenvalue weighted by atomic mass is 10.1. The molecule has 0 spiro atoms. The topological polar surface area (TPSA) is 76.9 Å². The highest BCUT2D eigenvalue weighted by molar-refractivity contribution is 5.93. The molecule has 3 rings (SSSR count). The Morgan fingerprint density at radius 3 is 2.56 bits per heavy atom. The molecule has 1 atom stereocenters. The fraction of sp³-hybridized carbons (Fsp3) is 0.158. The van der Waals surface area contributed by atoms with Gasteiger partial charge in [0.05, 0.1) is 5.69 Å². The predicted octanol–water partition coefficient (Wildman–Crippen LogP) is 2.81. The first kappa shape index (κ1) is 16.6. The van der Waals surface area contributed by atoms with Crippen molar-refractivity contribution in [2.75, 3.05) is 5.32 Å². The summed E-state index contributed by atoms with van der Waals surface area (Å²) in [6.45, 7) is 3.49. The van der Waals surface area contributed by atoms with E-state index in [1.165, 1.54) is 10.7 Å². The summed E-state index contributed by atoms with van der Waals surface area (Å²) in [6, 6.07) is 15.5. The van der Waals surface area contributed by atoms with Crippen molar-refractivity contribution < 1.29 is 4.79 Å². The first-order chi connectivity index (χ1) is 12.1. The van der Waals surface area contributed by atoms with E-state index in [0.717, 1.165) is 11.1 Å². The van der Waals surface area contributed by atoms with E-state index in [0.29, 0.717) is 11.5 Å². The van der Waals surface area contributed by atoms with Crippen LogP contribution in [0.2, 0.25) is 0 Å². The van der Waals surface area contributed by atoms with Crippen LogP contribution in [0.4, 0.5) is 5.82 Å². The first-order valence-electron chi connectivity index (χ1n) is 7.94. The number of hydrogen-bond acceptors (Lipinski definition) is 4. The van der Waals surface area contributed by atoms with Gasteiger partial charge in [0.25, 0.3) is 5.56 Å². The third-order valence-electron chi connectivity index (χ3n) is 3.89. The van der Waals surface area contributed by atoms with Gasteiger partial charge in [0, 0.05) is 17.8 Å². The molecule has 2 heterocycles. The molecule has 0 fully saturated rings. The van der Waals surface area contributed by atoms with Gasteiger partial charge in [0.2, 0.25) is 5.91 Å². The Morgan fingerprint density at radius 2 is 1.84 bits per heavy atom. The molecule has 0 aliphatic carbocycles. The van der Waals surface area contributed by atoms with E-state index in [1.54, 1.807) is 25.3 Å². The summed E-state index contributed by atoms with van der Waals surface area (Å²) in [4.78, 5) is 28.8. The van der Waals surface area contributed by atoms with E-state index >= 15 is 0 Å². The van der Waals surface area contributed by atoms with Gasteiger partial charge in [0.1, 0.15) is 11.9 Å². The molecule has 6 nitrogen and oxygen atoms in total. The number of carbonyl (C=O) groups excluding carboxylic acids is 1. The number of nitrogens with zero attached hydrogens (tertiary/aromatic N) is 3.